The molecule has 2 aliphatic rings. The van der Waals surface area contributed by atoms with Crippen LogP contribution in [0, 0.1) is 17.8 Å². The monoisotopic (exact) mass is 416 g/mol. The van der Waals surface area contributed by atoms with E-state index in [9.17, 15) is 0 Å². The smallest absolute Gasteiger partial charge is 0.120 e. The first-order chi connectivity index (χ1) is 15.3. The van der Waals surface area contributed by atoms with Crippen LogP contribution in [0.2, 0.25) is 0 Å². The van der Waals surface area contributed by atoms with E-state index in [0.717, 1.165) is 29.4 Å². The average molecular weight is 417 g/mol. The average Bonchev–Trinajstić information content (AvgIpc) is 2.83. The first-order valence-electron chi connectivity index (χ1n) is 12.7. The van der Waals surface area contributed by atoms with Gasteiger partial charge in [0.25, 0.3) is 0 Å². The van der Waals surface area contributed by atoms with Crippen LogP contribution in [0.3, 0.4) is 0 Å². The molecule has 2 saturated carbocycles. The van der Waals surface area contributed by atoms with Gasteiger partial charge in [-0.15, -0.1) is 0 Å². The lowest BCUT2D eigenvalue weighted by Gasteiger charge is -2.37. The van der Waals surface area contributed by atoms with Crippen LogP contribution in [0.4, 0.5) is 0 Å². The Labute approximate surface area is 189 Å². The van der Waals surface area contributed by atoms with Gasteiger partial charge in [-0.1, -0.05) is 62.4 Å². The van der Waals surface area contributed by atoms with Gasteiger partial charge in [-0.25, -0.2) is 0 Å². The van der Waals surface area contributed by atoms with E-state index in [4.69, 9.17) is 4.74 Å². The van der Waals surface area contributed by atoms with Gasteiger partial charge >= 0.3 is 0 Å². The van der Waals surface area contributed by atoms with Crippen LogP contribution in [0.1, 0.15) is 82.6 Å². The maximum atomic E-state index is 5.69. The highest BCUT2D eigenvalue weighted by atomic mass is 16.5. The molecule has 0 unspecified atom stereocenters. The third-order valence-corrected chi connectivity index (χ3v) is 7.79. The Balaban J connectivity index is 1.29. The summed E-state index contributed by atoms with van der Waals surface area (Å²) in [6, 6.07) is 13.5. The number of fused-ring (bicyclic) bond motifs is 1. The molecule has 0 aliphatic heterocycles. The molecule has 2 aliphatic carbocycles. The summed E-state index contributed by atoms with van der Waals surface area (Å²) in [5.41, 5.74) is 1.54. The van der Waals surface area contributed by atoms with E-state index in [2.05, 4.69) is 62.1 Å². The molecule has 0 spiro atoms. The minimum atomic E-state index is 0.560. The number of unbranched alkanes of at least 4 members (excludes halogenated alkanes) is 1. The van der Waals surface area contributed by atoms with Gasteiger partial charge < -0.3 is 4.74 Å². The molecule has 0 atom stereocenters. The van der Waals surface area contributed by atoms with Crippen LogP contribution in [0.15, 0.2) is 61.2 Å². The number of benzene rings is 2. The summed E-state index contributed by atoms with van der Waals surface area (Å²) < 4.78 is 5.69. The van der Waals surface area contributed by atoms with Crippen molar-refractivity contribution in [2.24, 2.45) is 17.8 Å². The SMILES string of the molecule is C=CCOc1ccc2cc(C3CCC(C4CCC(/C=C/CCC)CC4)CC3)ccc2c1. The fraction of sp³-hybridized carbons (Fsp3) is 0.533. The molecule has 1 nitrogen and oxygen atoms in total. The second-order valence-corrected chi connectivity index (χ2v) is 9.87. The lowest BCUT2D eigenvalue weighted by molar-refractivity contribution is 0.171. The molecule has 1 heteroatoms. The molecule has 0 saturated heterocycles. The third-order valence-electron chi connectivity index (χ3n) is 7.79. The fourth-order valence-corrected chi connectivity index (χ4v) is 5.93. The second-order valence-electron chi connectivity index (χ2n) is 9.87. The zero-order valence-electron chi connectivity index (χ0n) is 19.4. The molecule has 166 valence electrons. The fourth-order valence-electron chi connectivity index (χ4n) is 5.93. The van der Waals surface area contributed by atoms with Crippen LogP contribution >= 0.6 is 0 Å². The van der Waals surface area contributed by atoms with Crippen molar-refractivity contribution in [1.82, 2.24) is 0 Å². The highest BCUT2D eigenvalue weighted by Gasteiger charge is 2.30. The van der Waals surface area contributed by atoms with E-state index in [-0.39, 0.29) is 0 Å². The van der Waals surface area contributed by atoms with Crippen LogP contribution < -0.4 is 4.74 Å². The number of rotatable bonds is 8. The Morgan fingerprint density at radius 2 is 1.55 bits per heavy atom. The van der Waals surface area contributed by atoms with Crippen molar-refractivity contribution in [1.29, 1.82) is 0 Å². The number of hydrogen-bond acceptors (Lipinski definition) is 1. The highest BCUT2D eigenvalue weighted by Crippen LogP contribution is 2.44. The van der Waals surface area contributed by atoms with E-state index < -0.39 is 0 Å². The van der Waals surface area contributed by atoms with Gasteiger partial charge in [0.2, 0.25) is 0 Å². The zero-order chi connectivity index (χ0) is 21.5. The van der Waals surface area contributed by atoms with Crippen molar-refractivity contribution >= 4 is 10.8 Å². The Bertz CT molecular complexity index is 863. The molecule has 0 amide bonds. The summed E-state index contributed by atoms with van der Waals surface area (Å²) in [5.74, 6) is 4.49. The van der Waals surface area contributed by atoms with Gasteiger partial charge in [0.15, 0.2) is 0 Å². The van der Waals surface area contributed by atoms with Crippen LogP contribution in [0.5, 0.6) is 5.75 Å². The summed E-state index contributed by atoms with van der Waals surface area (Å²) in [4.78, 5) is 0. The van der Waals surface area contributed by atoms with Crippen molar-refractivity contribution < 1.29 is 4.74 Å². The van der Waals surface area contributed by atoms with Crippen LogP contribution in [-0.4, -0.2) is 6.61 Å². The molecule has 2 fully saturated rings. The van der Waals surface area contributed by atoms with Crippen molar-refractivity contribution in [2.45, 2.75) is 77.0 Å². The normalized spacial score (nSPS) is 26.9. The van der Waals surface area contributed by atoms with Gasteiger partial charge in [-0.3, -0.25) is 0 Å². The summed E-state index contributed by atoms with van der Waals surface area (Å²) in [6.45, 7) is 6.55. The zero-order valence-corrected chi connectivity index (χ0v) is 19.4. The van der Waals surface area contributed by atoms with Crippen molar-refractivity contribution in [3.05, 3.63) is 66.8 Å². The van der Waals surface area contributed by atoms with Gasteiger partial charge in [0.05, 0.1) is 0 Å². The van der Waals surface area contributed by atoms with E-state index >= 15 is 0 Å². The van der Waals surface area contributed by atoms with Crippen molar-refractivity contribution in [2.75, 3.05) is 6.61 Å². The topological polar surface area (TPSA) is 9.23 Å². The largest absolute Gasteiger partial charge is 0.490 e. The number of hydrogen-bond donors (Lipinski definition) is 0. The Morgan fingerprint density at radius 1 is 0.871 bits per heavy atom. The molecule has 0 heterocycles. The van der Waals surface area contributed by atoms with E-state index in [1.54, 1.807) is 6.08 Å². The van der Waals surface area contributed by atoms with Gasteiger partial charge in [-0.05, 0) is 110 Å². The van der Waals surface area contributed by atoms with Crippen molar-refractivity contribution in [3.63, 3.8) is 0 Å². The first kappa shape index (κ1) is 22.2. The maximum absolute atomic E-state index is 5.69. The minimum absolute atomic E-state index is 0.560. The Hall–Kier alpha value is -2.02. The highest BCUT2D eigenvalue weighted by molar-refractivity contribution is 5.84. The lowest BCUT2D eigenvalue weighted by Crippen LogP contribution is -2.25. The number of ether oxygens (including phenoxy) is 1. The van der Waals surface area contributed by atoms with Crippen LogP contribution in [-0.2, 0) is 0 Å². The quantitative estimate of drug-likeness (QED) is 0.390. The molecule has 0 N–H and O–H groups in total. The molecule has 2 aromatic rings. The maximum Gasteiger partial charge on any atom is 0.120 e. The standard InChI is InChI=1S/C30H40O/c1-3-5-6-7-23-8-10-24(11-9-23)25-12-14-26(15-13-25)27-16-17-29-22-30(31-20-4-2)19-18-28(29)21-27/h4,6-7,16-19,21-26H,2-3,5,8-15,20H2,1H3/b7-6+. The summed E-state index contributed by atoms with van der Waals surface area (Å²) >= 11 is 0. The van der Waals surface area contributed by atoms with E-state index in [1.165, 1.54) is 80.5 Å². The van der Waals surface area contributed by atoms with Crippen molar-refractivity contribution in [3.8, 4) is 5.75 Å². The summed E-state index contributed by atoms with van der Waals surface area (Å²) in [5, 5.41) is 2.60. The van der Waals surface area contributed by atoms with E-state index in [0.29, 0.717) is 6.61 Å². The molecular weight excluding hydrogens is 376 g/mol. The number of allylic oxidation sites excluding steroid dienone is 2. The van der Waals surface area contributed by atoms with Crippen LogP contribution in [0.25, 0.3) is 10.8 Å². The lowest BCUT2D eigenvalue weighted by atomic mass is 9.68. The molecular formula is C30H40O. The van der Waals surface area contributed by atoms with E-state index in [1.807, 2.05) is 0 Å². The Kier molecular flexibility index (Phi) is 7.89. The predicted molar refractivity (Wildman–Crippen MR) is 134 cm³/mol. The van der Waals surface area contributed by atoms with Gasteiger partial charge in [0.1, 0.15) is 12.4 Å². The first-order valence-corrected chi connectivity index (χ1v) is 12.7. The molecule has 2 aromatic carbocycles. The summed E-state index contributed by atoms with van der Waals surface area (Å²) in [7, 11) is 0. The predicted octanol–water partition coefficient (Wildman–Crippen LogP) is 8.84. The molecule has 4 rings (SSSR count). The summed E-state index contributed by atoms with van der Waals surface area (Å²) in [6.07, 6.45) is 20.6. The van der Waals surface area contributed by atoms with Gasteiger partial charge in [0, 0.05) is 0 Å². The Morgan fingerprint density at radius 3 is 2.26 bits per heavy atom. The molecule has 0 radical (unpaired) electrons. The molecule has 31 heavy (non-hydrogen) atoms. The minimum Gasteiger partial charge on any atom is -0.490 e. The molecule has 0 bridgehead atoms. The van der Waals surface area contributed by atoms with Gasteiger partial charge in [-0.2, -0.15) is 0 Å². The molecule has 0 aromatic heterocycles. The third kappa shape index (κ3) is 5.82. The second kappa shape index (κ2) is 11.0.